The fourth-order valence-electron chi connectivity index (χ4n) is 3.54. The predicted octanol–water partition coefficient (Wildman–Crippen LogP) is 2.97. The molecule has 0 spiro atoms. The quantitative estimate of drug-likeness (QED) is 0.814. The van der Waals surface area contributed by atoms with Gasteiger partial charge < -0.3 is 19.7 Å². The summed E-state index contributed by atoms with van der Waals surface area (Å²) in [6, 6.07) is 3.51. The Morgan fingerprint density at radius 3 is 2.26 bits per heavy atom. The van der Waals surface area contributed by atoms with Crippen molar-refractivity contribution in [3.05, 3.63) is 28.8 Å². The molecule has 1 saturated heterocycles. The maximum Gasteiger partial charge on any atom is 0.422 e. The van der Waals surface area contributed by atoms with E-state index in [2.05, 4.69) is 5.32 Å². The Kier molecular flexibility index (Phi) is 6.75. The summed E-state index contributed by atoms with van der Waals surface area (Å²) < 4.78 is 47.7. The molecule has 152 valence electrons. The lowest BCUT2D eigenvalue weighted by Gasteiger charge is -2.37. The molecule has 0 aliphatic carbocycles. The Labute approximate surface area is 157 Å². The van der Waals surface area contributed by atoms with Crippen molar-refractivity contribution in [3.8, 4) is 5.75 Å². The van der Waals surface area contributed by atoms with Gasteiger partial charge in [-0.15, -0.1) is 0 Å². The molecule has 0 aromatic heterocycles. The molecule has 1 aliphatic rings. The van der Waals surface area contributed by atoms with Crippen molar-refractivity contribution in [3.63, 3.8) is 0 Å². The summed E-state index contributed by atoms with van der Waals surface area (Å²) in [4.78, 5) is 14.5. The minimum atomic E-state index is -4.38. The molecular weight excluding hydrogens is 361 g/mol. The first-order valence-electron chi connectivity index (χ1n) is 8.89. The van der Waals surface area contributed by atoms with Gasteiger partial charge in [0.15, 0.2) is 6.61 Å². The van der Waals surface area contributed by atoms with E-state index in [1.54, 1.807) is 45.0 Å². The van der Waals surface area contributed by atoms with Crippen LogP contribution in [0.15, 0.2) is 12.1 Å². The standard InChI is InChI=1S/C19H27F3N2O3/c1-13-9-15(10-14(2)16(13)27-12-19(20,21)22)11-24(3)17(25)18(26-4)5-7-23-8-6-18/h9-10,23H,5-8,11-12H2,1-4H3. The molecule has 1 N–H and O–H groups in total. The van der Waals surface area contributed by atoms with Crippen molar-refractivity contribution < 1.29 is 27.4 Å². The largest absolute Gasteiger partial charge is 0.484 e. The van der Waals surface area contributed by atoms with Gasteiger partial charge in [0.2, 0.25) is 0 Å². The predicted molar refractivity (Wildman–Crippen MR) is 95.8 cm³/mol. The molecule has 1 aromatic rings. The molecule has 5 nitrogen and oxygen atoms in total. The van der Waals surface area contributed by atoms with Crippen LogP contribution in [0.2, 0.25) is 0 Å². The second-order valence-electron chi connectivity index (χ2n) is 7.07. The van der Waals surface area contributed by atoms with E-state index in [4.69, 9.17) is 9.47 Å². The van der Waals surface area contributed by atoms with Crippen molar-refractivity contribution in [2.24, 2.45) is 0 Å². The zero-order valence-corrected chi connectivity index (χ0v) is 16.2. The van der Waals surface area contributed by atoms with Crippen LogP contribution in [0.3, 0.4) is 0 Å². The Morgan fingerprint density at radius 1 is 1.22 bits per heavy atom. The highest BCUT2D eigenvalue weighted by atomic mass is 19.4. The van der Waals surface area contributed by atoms with Crippen LogP contribution in [0.1, 0.15) is 29.5 Å². The fourth-order valence-corrected chi connectivity index (χ4v) is 3.54. The molecule has 8 heteroatoms. The normalized spacial score (nSPS) is 16.9. The second kappa shape index (κ2) is 8.48. The molecule has 1 fully saturated rings. The number of methoxy groups -OCH3 is 1. The van der Waals surface area contributed by atoms with Crippen LogP contribution in [0, 0.1) is 13.8 Å². The van der Waals surface area contributed by atoms with Crippen molar-refractivity contribution >= 4 is 5.91 Å². The molecular formula is C19H27F3N2O3. The van der Waals surface area contributed by atoms with Gasteiger partial charge in [0.25, 0.3) is 5.91 Å². The molecule has 27 heavy (non-hydrogen) atoms. The maximum atomic E-state index is 12.9. The van der Waals surface area contributed by atoms with Gasteiger partial charge in [-0.1, -0.05) is 12.1 Å². The van der Waals surface area contributed by atoms with Gasteiger partial charge in [-0.25, -0.2) is 0 Å². The number of piperidine rings is 1. The summed E-state index contributed by atoms with van der Waals surface area (Å²) in [5.41, 5.74) is 1.23. The van der Waals surface area contributed by atoms with Gasteiger partial charge in [0.05, 0.1) is 0 Å². The molecule has 2 rings (SSSR count). The zero-order valence-electron chi connectivity index (χ0n) is 16.2. The van der Waals surface area contributed by atoms with Crippen LogP contribution in [-0.2, 0) is 16.1 Å². The van der Waals surface area contributed by atoms with Crippen molar-refractivity contribution in [2.45, 2.75) is 45.0 Å². The van der Waals surface area contributed by atoms with E-state index >= 15 is 0 Å². The van der Waals surface area contributed by atoms with Crippen molar-refractivity contribution in [2.75, 3.05) is 33.9 Å². The molecule has 1 amide bonds. The average Bonchev–Trinajstić information content (AvgIpc) is 2.59. The first kappa shape index (κ1) is 21.5. The highest BCUT2D eigenvalue weighted by molar-refractivity contribution is 5.85. The van der Waals surface area contributed by atoms with Crippen LogP contribution >= 0.6 is 0 Å². The number of carbonyl (C=O) groups excluding carboxylic acids is 1. The topological polar surface area (TPSA) is 50.8 Å². The number of aryl methyl sites for hydroxylation is 2. The monoisotopic (exact) mass is 388 g/mol. The van der Waals surface area contributed by atoms with E-state index < -0.39 is 18.4 Å². The minimum absolute atomic E-state index is 0.0841. The third-order valence-corrected chi connectivity index (χ3v) is 4.86. The van der Waals surface area contributed by atoms with E-state index in [-0.39, 0.29) is 11.7 Å². The lowest BCUT2D eigenvalue weighted by molar-refractivity contribution is -0.157. The SMILES string of the molecule is COC1(C(=O)N(C)Cc2cc(C)c(OCC(F)(F)F)c(C)c2)CCNCC1. The number of likely N-dealkylation sites (N-methyl/N-ethyl adjacent to an activating group) is 1. The molecule has 0 unspecified atom stereocenters. The lowest BCUT2D eigenvalue weighted by atomic mass is 9.90. The van der Waals surface area contributed by atoms with Gasteiger partial charge >= 0.3 is 6.18 Å². The van der Waals surface area contributed by atoms with E-state index in [0.717, 1.165) is 18.7 Å². The summed E-state index contributed by atoms with van der Waals surface area (Å²) in [5.74, 6) is 0.149. The molecule has 1 heterocycles. The number of amides is 1. The third kappa shape index (κ3) is 5.35. The number of rotatable bonds is 6. The summed E-state index contributed by atoms with van der Waals surface area (Å²) in [5, 5.41) is 3.22. The molecule has 1 aliphatic heterocycles. The summed E-state index contributed by atoms with van der Waals surface area (Å²) in [7, 11) is 3.27. The van der Waals surface area contributed by atoms with E-state index in [0.29, 0.717) is 30.5 Å². The van der Waals surface area contributed by atoms with Crippen LogP contribution in [0.25, 0.3) is 0 Å². The molecule has 0 bridgehead atoms. The number of halogens is 3. The first-order valence-corrected chi connectivity index (χ1v) is 8.89. The van der Waals surface area contributed by atoms with Gasteiger partial charge in [-0.2, -0.15) is 13.2 Å². The minimum Gasteiger partial charge on any atom is -0.484 e. The van der Waals surface area contributed by atoms with Gasteiger partial charge in [-0.05, 0) is 56.5 Å². The van der Waals surface area contributed by atoms with E-state index in [9.17, 15) is 18.0 Å². The Balaban J connectivity index is 2.11. The van der Waals surface area contributed by atoms with E-state index in [1.165, 1.54) is 0 Å². The number of ether oxygens (including phenoxy) is 2. The smallest absolute Gasteiger partial charge is 0.422 e. The van der Waals surface area contributed by atoms with Crippen molar-refractivity contribution in [1.82, 2.24) is 10.2 Å². The summed E-state index contributed by atoms with van der Waals surface area (Å²) >= 11 is 0. The van der Waals surface area contributed by atoms with Gasteiger partial charge in [0, 0.05) is 20.7 Å². The fraction of sp³-hybridized carbons (Fsp3) is 0.632. The van der Waals surface area contributed by atoms with Crippen LogP contribution < -0.4 is 10.1 Å². The Bertz CT molecular complexity index is 648. The number of nitrogens with one attached hydrogen (secondary N) is 1. The average molecular weight is 388 g/mol. The third-order valence-electron chi connectivity index (χ3n) is 4.86. The number of benzene rings is 1. The van der Waals surface area contributed by atoms with Gasteiger partial charge in [0.1, 0.15) is 11.4 Å². The second-order valence-corrected chi connectivity index (χ2v) is 7.07. The summed E-state index contributed by atoms with van der Waals surface area (Å²) in [6.07, 6.45) is -3.17. The Morgan fingerprint density at radius 2 is 1.78 bits per heavy atom. The maximum absolute atomic E-state index is 12.9. The number of alkyl halides is 3. The van der Waals surface area contributed by atoms with Crippen LogP contribution in [0.5, 0.6) is 5.75 Å². The zero-order chi connectivity index (χ0) is 20.2. The number of nitrogens with zero attached hydrogens (tertiary/aromatic N) is 1. The number of hydrogen-bond donors (Lipinski definition) is 1. The molecule has 0 atom stereocenters. The molecule has 0 saturated carbocycles. The van der Waals surface area contributed by atoms with Gasteiger partial charge in [-0.3, -0.25) is 4.79 Å². The number of carbonyl (C=O) groups is 1. The highest BCUT2D eigenvalue weighted by Crippen LogP contribution is 2.29. The van der Waals surface area contributed by atoms with Crippen molar-refractivity contribution in [1.29, 1.82) is 0 Å². The van der Waals surface area contributed by atoms with Crippen LogP contribution in [-0.4, -0.2) is 56.4 Å². The molecule has 1 aromatic carbocycles. The molecule has 0 radical (unpaired) electrons. The first-order chi connectivity index (χ1) is 12.6. The Hall–Kier alpha value is -1.80. The summed E-state index contributed by atoms with van der Waals surface area (Å²) in [6.45, 7) is 3.87. The number of hydrogen-bond acceptors (Lipinski definition) is 4. The van der Waals surface area contributed by atoms with Crippen LogP contribution in [0.4, 0.5) is 13.2 Å². The van der Waals surface area contributed by atoms with E-state index in [1.807, 2.05) is 0 Å². The lowest BCUT2D eigenvalue weighted by Crippen LogP contribution is -2.54. The highest BCUT2D eigenvalue weighted by Gasteiger charge is 2.41.